The second kappa shape index (κ2) is 3.73. The van der Waals surface area contributed by atoms with Crippen LogP contribution in [0.5, 0.6) is 0 Å². The first-order valence-electron chi connectivity index (χ1n) is 4.92. The molecule has 1 aromatic carbocycles. The number of hydrogen-bond acceptors (Lipinski definition) is 2. The quantitative estimate of drug-likeness (QED) is 0.796. The molecule has 2 aromatic rings. The lowest BCUT2D eigenvalue weighted by molar-refractivity contribution is 0.100. The second-order valence-electron chi connectivity index (χ2n) is 3.73. The van der Waals surface area contributed by atoms with Crippen molar-refractivity contribution in [2.45, 2.75) is 6.92 Å². The van der Waals surface area contributed by atoms with Crippen LogP contribution in [0.2, 0.25) is 0 Å². The number of benzene rings is 1. The van der Waals surface area contributed by atoms with E-state index in [0.717, 1.165) is 5.69 Å². The molecular formula is C12H13N3O. The topological polar surface area (TPSA) is 74.0 Å². The number of nitrogens with two attached hydrogens (primary N) is 2. The van der Waals surface area contributed by atoms with E-state index in [4.69, 9.17) is 11.5 Å². The van der Waals surface area contributed by atoms with Gasteiger partial charge in [-0.1, -0.05) is 17.7 Å². The lowest BCUT2D eigenvalue weighted by atomic mass is 10.2. The minimum Gasteiger partial charge on any atom is -0.397 e. The number of rotatable bonds is 2. The Bertz CT molecular complexity index is 526. The van der Waals surface area contributed by atoms with Crippen molar-refractivity contribution in [1.29, 1.82) is 0 Å². The molecular weight excluding hydrogens is 202 g/mol. The summed E-state index contributed by atoms with van der Waals surface area (Å²) in [4.78, 5) is 11.0. The third-order valence-corrected chi connectivity index (χ3v) is 2.45. The van der Waals surface area contributed by atoms with Crippen molar-refractivity contribution in [3.05, 3.63) is 47.8 Å². The third kappa shape index (κ3) is 1.77. The van der Waals surface area contributed by atoms with Gasteiger partial charge in [-0.15, -0.1) is 0 Å². The van der Waals surface area contributed by atoms with E-state index in [0.29, 0.717) is 11.3 Å². The number of primary amides is 1. The molecule has 2 rings (SSSR count). The minimum atomic E-state index is -0.511. The fraction of sp³-hybridized carbons (Fsp3) is 0.0833. The van der Waals surface area contributed by atoms with Gasteiger partial charge >= 0.3 is 0 Å². The molecule has 4 heteroatoms. The van der Waals surface area contributed by atoms with Crippen molar-refractivity contribution in [2.24, 2.45) is 5.73 Å². The molecule has 0 unspecified atom stereocenters. The van der Waals surface area contributed by atoms with E-state index < -0.39 is 5.91 Å². The van der Waals surface area contributed by atoms with Crippen LogP contribution in [-0.2, 0) is 0 Å². The van der Waals surface area contributed by atoms with E-state index in [1.54, 1.807) is 17.0 Å². The number of nitrogen functional groups attached to an aromatic ring is 1. The number of aryl methyl sites for hydroxylation is 1. The molecule has 4 N–H and O–H groups in total. The highest BCUT2D eigenvalue weighted by molar-refractivity contribution is 5.98. The molecule has 0 aliphatic rings. The van der Waals surface area contributed by atoms with Gasteiger partial charge in [0.1, 0.15) is 0 Å². The Morgan fingerprint density at radius 1 is 1.19 bits per heavy atom. The lowest BCUT2D eigenvalue weighted by Crippen LogP contribution is -2.11. The number of carbonyl (C=O) groups excluding carboxylic acids is 1. The smallest absolute Gasteiger partial charge is 0.252 e. The van der Waals surface area contributed by atoms with Gasteiger partial charge in [0, 0.05) is 18.1 Å². The maximum atomic E-state index is 11.0. The first-order chi connectivity index (χ1) is 7.58. The standard InChI is InChI=1S/C12H13N3O/c1-8-2-4-9(5-3-8)15-6-10(12(14)16)11(13)7-15/h2-7H,13H2,1H3,(H2,14,16). The molecule has 0 spiro atoms. The fourth-order valence-corrected chi connectivity index (χ4v) is 1.54. The highest BCUT2D eigenvalue weighted by Crippen LogP contribution is 2.17. The minimum absolute atomic E-state index is 0.348. The Morgan fingerprint density at radius 3 is 2.31 bits per heavy atom. The van der Waals surface area contributed by atoms with Gasteiger partial charge in [-0.3, -0.25) is 4.79 Å². The largest absolute Gasteiger partial charge is 0.397 e. The van der Waals surface area contributed by atoms with Crippen LogP contribution in [0.25, 0.3) is 5.69 Å². The molecule has 0 aliphatic carbocycles. The van der Waals surface area contributed by atoms with Crippen molar-refractivity contribution in [3.63, 3.8) is 0 Å². The van der Waals surface area contributed by atoms with E-state index in [1.165, 1.54) is 5.56 Å². The summed E-state index contributed by atoms with van der Waals surface area (Å²) in [5.74, 6) is -0.511. The first-order valence-corrected chi connectivity index (χ1v) is 4.92. The van der Waals surface area contributed by atoms with Crippen LogP contribution < -0.4 is 11.5 Å². The number of amides is 1. The van der Waals surface area contributed by atoms with E-state index in [1.807, 2.05) is 31.2 Å². The number of anilines is 1. The summed E-state index contributed by atoms with van der Waals surface area (Å²) in [6, 6.07) is 7.91. The van der Waals surface area contributed by atoms with Gasteiger partial charge in [-0.25, -0.2) is 0 Å². The molecule has 0 fully saturated rings. The highest BCUT2D eigenvalue weighted by Gasteiger charge is 2.09. The van der Waals surface area contributed by atoms with Crippen LogP contribution in [0.15, 0.2) is 36.7 Å². The number of hydrogen-bond donors (Lipinski definition) is 2. The molecule has 16 heavy (non-hydrogen) atoms. The first kappa shape index (κ1) is 10.3. The summed E-state index contributed by atoms with van der Waals surface area (Å²) in [6.07, 6.45) is 3.33. The van der Waals surface area contributed by atoms with Crippen molar-refractivity contribution >= 4 is 11.6 Å². The molecule has 4 nitrogen and oxygen atoms in total. The summed E-state index contributed by atoms with van der Waals surface area (Å²) >= 11 is 0. The molecule has 0 aliphatic heterocycles. The fourth-order valence-electron chi connectivity index (χ4n) is 1.54. The Morgan fingerprint density at radius 2 is 1.81 bits per heavy atom. The average molecular weight is 215 g/mol. The Labute approximate surface area is 93.5 Å². The van der Waals surface area contributed by atoms with Gasteiger partial charge in [-0.2, -0.15) is 0 Å². The highest BCUT2D eigenvalue weighted by atomic mass is 16.1. The van der Waals surface area contributed by atoms with Gasteiger partial charge < -0.3 is 16.0 Å². The summed E-state index contributed by atoms with van der Waals surface area (Å²) in [5.41, 5.74) is 13.8. The van der Waals surface area contributed by atoms with E-state index in [-0.39, 0.29) is 0 Å². The van der Waals surface area contributed by atoms with Crippen LogP contribution in [0.4, 0.5) is 5.69 Å². The predicted octanol–water partition coefficient (Wildman–Crippen LogP) is 1.47. The van der Waals surface area contributed by atoms with Crippen LogP contribution in [0.1, 0.15) is 15.9 Å². The molecule has 0 saturated heterocycles. The summed E-state index contributed by atoms with van der Waals surface area (Å²) < 4.78 is 1.79. The van der Waals surface area contributed by atoms with Crippen molar-refractivity contribution in [2.75, 3.05) is 5.73 Å². The Kier molecular flexibility index (Phi) is 2.40. The molecule has 1 heterocycles. The lowest BCUT2D eigenvalue weighted by Gasteiger charge is -2.02. The van der Waals surface area contributed by atoms with Gasteiger partial charge in [-0.05, 0) is 19.1 Å². The molecule has 0 radical (unpaired) electrons. The zero-order chi connectivity index (χ0) is 11.7. The average Bonchev–Trinajstić information content (AvgIpc) is 2.61. The molecule has 1 amide bonds. The van der Waals surface area contributed by atoms with Crippen LogP contribution >= 0.6 is 0 Å². The number of carbonyl (C=O) groups is 1. The predicted molar refractivity (Wildman–Crippen MR) is 63.4 cm³/mol. The van der Waals surface area contributed by atoms with Gasteiger partial charge in [0.2, 0.25) is 0 Å². The molecule has 82 valence electrons. The zero-order valence-electron chi connectivity index (χ0n) is 8.97. The molecule has 0 saturated carbocycles. The number of nitrogens with zero attached hydrogens (tertiary/aromatic N) is 1. The van der Waals surface area contributed by atoms with Crippen LogP contribution in [-0.4, -0.2) is 10.5 Å². The molecule has 0 bridgehead atoms. The van der Waals surface area contributed by atoms with E-state index in [9.17, 15) is 4.79 Å². The molecule has 1 aromatic heterocycles. The van der Waals surface area contributed by atoms with Crippen LogP contribution in [0, 0.1) is 6.92 Å². The van der Waals surface area contributed by atoms with Gasteiger partial charge in [0.15, 0.2) is 0 Å². The van der Waals surface area contributed by atoms with E-state index in [2.05, 4.69) is 0 Å². The van der Waals surface area contributed by atoms with Crippen LogP contribution in [0.3, 0.4) is 0 Å². The monoisotopic (exact) mass is 215 g/mol. The zero-order valence-corrected chi connectivity index (χ0v) is 8.97. The Balaban J connectivity index is 2.45. The maximum absolute atomic E-state index is 11.0. The molecule has 0 atom stereocenters. The van der Waals surface area contributed by atoms with Crippen molar-refractivity contribution in [3.8, 4) is 5.69 Å². The van der Waals surface area contributed by atoms with Crippen molar-refractivity contribution in [1.82, 2.24) is 4.57 Å². The van der Waals surface area contributed by atoms with E-state index >= 15 is 0 Å². The third-order valence-electron chi connectivity index (χ3n) is 2.45. The van der Waals surface area contributed by atoms with Crippen molar-refractivity contribution < 1.29 is 4.79 Å². The summed E-state index contributed by atoms with van der Waals surface area (Å²) in [5, 5.41) is 0. The van der Waals surface area contributed by atoms with Gasteiger partial charge in [0.05, 0.1) is 11.3 Å². The normalized spacial score (nSPS) is 10.3. The second-order valence-corrected chi connectivity index (χ2v) is 3.73. The Hall–Kier alpha value is -2.23. The SMILES string of the molecule is Cc1ccc(-n2cc(N)c(C(N)=O)c2)cc1. The summed E-state index contributed by atoms with van der Waals surface area (Å²) in [7, 11) is 0. The maximum Gasteiger partial charge on any atom is 0.252 e. The summed E-state index contributed by atoms with van der Waals surface area (Å²) in [6.45, 7) is 2.02. The number of aromatic nitrogens is 1. The van der Waals surface area contributed by atoms with Gasteiger partial charge in [0.25, 0.3) is 5.91 Å².